The van der Waals surface area contributed by atoms with Crippen molar-refractivity contribution in [2.75, 3.05) is 13.9 Å². The molecule has 6 heteroatoms. The van der Waals surface area contributed by atoms with Gasteiger partial charge in [-0.3, -0.25) is 0 Å². The molecule has 1 unspecified atom stereocenters. The molecule has 4 rings (SSSR count). The Kier molecular flexibility index (Phi) is 3.49. The van der Waals surface area contributed by atoms with Crippen molar-refractivity contribution in [3.63, 3.8) is 0 Å². The van der Waals surface area contributed by atoms with Gasteiger partial charge in [-0.15, -0.1) is 0 Å². The molecule has 0 aromatic heterocycles. The fraction of sp³-hybridized carbons (Fsp3) is 0.389. The second-order valence-corrected chi connectivity index (χ2v) is 6.17. The van der Waals surface area contributed by atoms with Gasteiger partial charge in [0.2, 0.25) is 6.79 Å². The molecule has 1 atom stereocenters. The number of hydrogen-bond donors (Lipinski definition) is 1. The summed E-state index contributed by atoms with van der Waals surface area (Å²) in [6.45, 7) is 0.0593. The fourth-order valence-corrected chi connectivity index (χ4v) is 3.06. The molecular weight excluding hydrogens is 312 g/mol. The van der Waals surface area contributed by atoms with Gasteiger partial charge in [0.25, 0.3) is 5.79 Å². The molecule has 0 radical (unpaired) electrons. The number of cyclic esters (lactones) is 1. The summed E-state index contributed by atoms with van der Waals surface area (Å²) < 4.78 is 21.0. The van der Waals surface area contributed by atoms with E-state index in [0.717, 1.165) is 12.8 Å². The highest BCUT2D eigenvalue weighted by Crippen LogP contribution is 2.48. The van der Waals surface area contributed by atoms with E-state index < -0.39 is 11.8 Å². The summed E-state index contributed by atoms with van der Waals surface area (Å²) >= 11 is 0. The number of ether oxygens (including phenoxy) is 4. The molecule has 0 saturated heterocycles. The van der Waals surface area contributed by atoms with E-state index in [1.54, 1.807) is 31.4 Å². The van der Waals surface area contributed by atoms with Crippen molar-refractivity contribution < 1.29 is 28.8 Å². The monoisotopic (exact) mass is 330 g/mol. The maximum Gasteiger partial charge on any atom is 0.345 e. The Labute approximate surface area is 139 Å². The summed E-state index contributed by atoms with van der Waals surface area (Å²) in [6, 6.07) is 6.84. The number of benzene rings is 1. The largest absolute Gasteiger partial charge is 0.497 e. The lowest BCUT2D eigenvalue weighted by Crippen LogP contribution is -2.29. The number of methoxy groups -OCH3 is 1. The van der Waals surface area contributed by atoms with E-state index in [-0.39, 0.29) is 12.4 Å². The first kappa shape index (κ1) is 15.1. The van der Waals surface area contributed by atoms with Gasteiger partial charge in [0, 0.05) is 11.1 Å². The van der Waals surface area contributed by atoms with Crippen molar-refractivity contribution in [2.24, 2.45) is 5.92 Å². The van der Waals surface area contributed by atoms with Gasteiger partial charge in [-0.05, 0) is 49.4 Å². The van der Waals surface area contributed by atoms with Crippen molar-refractivity contribution in [1.29, 1.82) is 0 Å². The van der Waals surface area contributed by atoms with Gasteiger partial charge in [-0.2, -0.15) is 0 Å². The van der Waals surface area contributed by atoms with Crippen LogP contribution in [-0.2, 0) is 24.8 Å². The number of carbonyl (C=O) groups excluding carboxylic acids is 1. The normalized spacial score (nSPS) is 25.9. The Morgan fingerprint density at radius 3 is 2.62 bits per heavy atom. The molecule has 0 bridgehead atoms. The number of carbonyl (C=O) groups is 1. The molecule has 1 N–H and O–H groups in total. The van der Waals surface area contributed by atoms with Crippen LogP contribution in [0, 0.1) is 5.92 Å². The number of esters is 1. The number of rotatable bonds is 5. The zero-order valence-electron chi connectivity index (χ0n) is 13.3. The minimum absolute atomic E-state index is 0.0593. The average molecular weight is 330 g/mol. The lowest BCUT2D eigenvalue weighted by Gasteiger charge is -2.25. The Morgan fingerprint density at radius 2 is 2.04 bits per heavy atom. The second kappa shape index (κ2) is 5.56. The van der Waals surface area contributed by atoms with Crippen LogP contribution in [0.25, 0.3) is 0 Å². The van der Waals surface area contributed by atoms with E-state index >= 15 is 0 Å². The highest BCUT2D eigenvalue weighted by molar-refractivity contribution is 5.97. The molecule has 0 amide bonds. The summed E-state index contributed by atoms with van der Waals surface area (Å²) in [6.07, 6.45) is 4.15. The van der Waals surface area contributed by atoms with Gasteiger partial charge in [0.1, 0.15) is 17.6 Å². The highest BCUT2D eigenvalue weighted by atomic mass is 16.7. The molecule has 3 aliphatic rings. The molecule has 0 spiro atoms. The Morgan fingerprint density at radius 1 is 1.29 bits per heavy atom. The van der Waals surface area contributed by atoms with Crippen LogP contribution in [0.1, 0.15) is 24.8 Å². The van der Waals surface area contributed by atoms with E-state index in [4.69, 9.17) is 18.9 Å². The first-order valence-electron chi connectivity index (χ1n) is 7.90. The van der Waals surface area contributed by atoms with Crippen LogP contribution in [0.15, 0.2) is 47.4 Å². The lowest BCUT2D eigenvalue weighted by molar-refractivity contribution is -0.186. The maximum absolute atomic E-state index is 12.4. The third kappa shape index (κ3) is 2.43. The van der Waals surface area contributed by atoms with Crippen molar-refractivity contribution in [1.82, 2.24) is 0 Å². The Hall–Kier alpha value is -2.47. The second-order valence-electron chi connectivity index (χ2n) is 6.17. The summed E-state index contributed by atoms with van der Waals surface area (Å²) in [4.78, 5) is 12.4. The van der Waals surface area contributed by atoms with Crippen LogP contribution < -0.4 is 4.74 Å². The van der Waals surface area contributed by atoms with Crippen LogP contribution in [0.2, 0.25) is 0 Å². The van der Waals surface area contributed by atoms with Crippen LogP contribution >= 0.6 is 0 Å². The van der Waals surface area contributed by atoms with Crippen LogP contribution in [0.3, 0.4) is 0 Å². The minimum Gasteiger partial charge on any atom is -0.497 e. The Balaban J connectivity index is 1.78. The summed E-state index contributed by atoms with van der Waals surface area (Å²) in [5, 5.41) is 11.2. The molecule has 1 saturated carbocycles. The van der Waals surface area contributed by atoms with Crippen molar-refractivity contribution >= 4 is 5.97 Å². The molecule has 6 nitrogen and oxygen atoms in total. The summed E-state index contributed by atoms with van der Waals surface area (Å²) in [7, 11) is 1.57. The highest BCUT2D eigenvalue weighted by Gasteiger charge is 2.51. The van der Waals surface area contributed by atoms with Crippen LogP contribution in [-0.4, -0.2) is 25.0 Å². The zero-order valence-corrected chi connectivity index (χ0v) is 13.3. The molecule has 1 aromatic carbocycles. The molecule has 1 aliphatic carbocycles. The van der Waals surface area contributed by atoms with Crippen molar-refractivity contribution in [3.05, 3.63) is 53.0 Å². The van der Waals surface area contributed by atoms with Crippen molar-refractivity contribution in [2.45, 2.75) is 25.0 Å². The standard InChI is InChI=1S/C18H18O6/c1-21-13-6-4-12(5-7-13)18(20)14(8-11-2-3-11)16(17(19)24-18)15-9-22-10-23-15/h4-7,9,11,20H,2-3,8,10H2,1H3. The first-order chi connectivity index (χ1) is 11.6. The molecule has 1 aromatic rings. The smallest absolute Gasteiger partial charge is 0.345 e. The third-order valence-electron chi connectivity index (χ3n) is 4.55. The molecule has 126 valence electrons. The van der Waals surface area contributed by atoms with E-state index in [2.05, 4.69) is 0 Å². The maximum atomic E-state index is 12.4. The van der Waals surface area contributed by atoms with Crippen LogP contribution in [0.4, 0.5) is 0 Å². The number of hydrogen-bond acceptors (Lipinski definition) is 6. The zero-order chi connectivity index (χ0) is 16.7. The van der Waals surface area contributed by atoms with E-state index in [1.165, 1.54) is 6.26 Å². The van der Waals surface area contributed by atoms with Gasteiger partial charge in [0.05, 0.1) is 7.11 Å². The summed E-state index contributed by atoms with van der Waals surface area (Å²) in [5.41, 5.74) is 1.30. The molecule has 1 fully saturated rings. The fourth-order valence-electron chi connectivity index (χ4n) is 3.06. The Bertz CT molecular complexity index is 728. The van der Waals surface area contributed by atoms with E-state index in [0.29, 0.717) is 35.0 Å². The number of aliphatic hydroxyl groups is 1. The quantitative estimate of drug-likeness (QED) is 0.835. The molecular formula is C18H18O6. The first-order valence-corrected chi connectivity index (χ1v) is 7.90. The van der Waals surface area contributed by atoms with E-state index in [9.17, 15) is 9.90 Å². The van der Waals surface area contributed by atoms with Crippen molar-refractivity contribution in [3.8, 4) is 5.75 Å². The summed E-state index contributed by atoms with van der Waals surface area (Å²) in [5.74, 6) is -0.943. The third-order valence-corrected chi connectivity index (χ3v) is 4.55. The van der Waals surface area contributed by atoms with Gasteiger partial charge in [-0.1, -0.05) is 0 Å². The molecule has 2 aliphatic heterocycles. The van der Waals surface area contributed by atoms with Gasteiger partial charge in [-0.25, -0.2) is 4.79 Å². The average Bonchev–Trinajstić information content (AvgIpc) is 3.17. The molecule has 2 heterocycles. The van der Waals surface area contributed by atoms with Gasteiger partial charge in [0.15, 0.2) is 5.76 Å². The van der Waals surface area contributed by atoms with E-state index in [1.807, 2.05) is 0 Å². The topological polar surface area (TPSA) is 74.2 Å². The van der Waals surface area contributed by atoms with Gasteiger partial charge >= 0.3 is 5.97 Å². The predicted molar refractivity (Wildman–Crippen MR) is 82.5 cm³/mol. The van der Waals surface area contributed by atoms with Gasteiger partial charge < -0.3 is 24.1 Å². The van der Waals surface area contributed by atoms with Crippen LogP contribution in [0.5, 0.6) is 5.75 Å². The minimum atomic E-state index is -1.78. The predicted octanol–water partition coefficient (Wildman–Crippen LogP) is 2.34. The molecule has 24 heavy (non-hydrogen) atoms. The lowest BCUT2D eigenvalue weighted by atomic mass is 9.91. The SMILES string of the molecule is COc1ccc(C2(O)OC(=O)C(C3=COCO3)=C2CC2CC2)cc1.